The summed E-state index contributed by atoms with van der Waals surface area (Å²) in [6.45, 7) is 1.04. The van der Waals surface area contributed by atoms with Gasteiger partial charge < -0.3 is 10.4 Å². The Bertz CT molecular complexity index is 1010. The number of carbonyl (C=O) groups is 1. The Morgan fingerprint density at radius 2 is 1.76 bits per heavy atom. The lowest BCUT2D eigenvalue weighted by molar-refractivity contribution is -0.141. The van der Waals surface area contributed by atoms with Crippen LogP contribution in [0.25, 0.3) is 0 Å². The Balaban J connectivity index is 1.49. The maximum atomic E-state index is 13.0. The number of alkyl halides is 3. The lowest BCUT2D eigenvalue weighted by atomic mass is 9.66. The second-order valence-corrected chi connectivity index (χ2v) is 12.8. The van der Waals surface area contributed by atoms with E-state index in [1.54, 1.807) is 0 Å². The molecule has 6 nitrogen and oxygen atoms in total. The Kier molecular flexibility index (Phi) is 7.03. The predicted molar refractivity (Wildman–Crippen MR) is 121 cm³/mol. The monoisotopic (exact) mass is 502 g/mol. The van der Waals surface area contributed by atoms with Gasteiger partial charge in [0.2, 0.25) is 0 Å². The number of aryl methyl sites for hydroxylation is 1. The Hall–Kier alpha value is -1.68. The van der Waals surface area contributed by atoms with E-state index in [0.717, 1.165) is 44.2 Å². The summed E-state index contributed by atoms with van der Waals surface area (Å²) < 4.78 is 64.4. The normalized spacial score (nSPS) is 26.8. The van der Waals surface area contributed by atoms with Gasteiger partial charge in [-0.05, 0) is 81.3 Å². The van der Waals surface area contributed by atoms with Crippen molar-refractivity contribution in [2.24, 2.45) is 17.3 Å². The SMILES string of the molecule is Cc1nc(C(F)(F)F)ccc1C(=O)NC(CO)C1(CC2CC2)CCC(S(=O)(=O)CC2CC2)CC1. The van der Waals surface area contributed by atoms with Crippen LogP contribution in [0.5, 0.6) is 0 Å². The van der Waals surface area contributed by atoms with Crippen molar-refractivity contribution < 1.29 is 31.5 Å². The summed E-state index contributed by atoms with van der Waals surface area (Å²) in [5.41, 5.74) is -1.48. The molecule has 1 heterocycles. The fourth-order valence-corrected chi connectivity index (χ4v) is 7.67. The van der Waals surface area contributed by atoms with Gasteiger partial charge in [-0.25, -0.2) is 13.4 Å². The van der Waals surface area contributed by atoms with E-state index in [4.69, 9.17) is 0 Å². The van der Waals surface area contributed by atoms with Crippen molar-refractivity contribution >= 4 is 15.7 Å². The van der Waals surface area contributed by atoms with E-state index in [9.17, 15) is 31.5 Å². The van der Waals surface area contributed by atoms with Crippen molar-refractivity contribution in [1.82, 2.24) is 10.3 Å². The zero-order valence-electron chi connectivity index (χ0n) is 19.4. The minimum atomic E-state index is -4.60. The molecule has 3 fully saturated rings. The highest BCUT2D eigenvalue weighted by atomic mass is 32.2. The fourth-order valence-electron chi connectivity index (χ4n) is 5.45. The van der Waals surface area contributed by atoms with Crippen molar-refractivity contribution in [3.05, 3.63) is 29.1 Å². The van der Waals surface area contributed by atoms with Crippen LogP contribution in [0.2, 0.25) is 0 Å². The standard InChI is InChI=1S/C24H33F3N2O4S/c1-15-19(6-7-20(28-15)24(25,26)27)22(31)29-21(13-30)23(12-16-2-3-16)10-8-18(9-11-23)34(32,33)14-17-4-5-17/h6-7,16-18,21,30H,2-5,8-14H2,1H3,(H,29,31). The highest BCUT2D eigenvalue weighted by Gasteiger charge is 2.48. The number of sulfone groups is 1. The maximum absolute atomic E-state index is 13.0. The molecule has 0 bridgehead atoms. The topological polar surface area (TPSA) is 96.4 Å². The zero-order valence-corrected chi connectivity index (χ0v) is 20.2. The Morgan fingerprint density at radius 3 is 2.26 bits per heavy atom. The summed E-state index contributed by atoms with van der Waals surface area (Å²) >= 11 is 0. The van der Waals surface area contributed by atoms with Gasteiger partial charge in [0.15, 0.2) is 9.84 Å². The van der Waals surface area contributed by atoms with Crippen molar-refractivity contribution in [3.8, 4) is 0 Å². The molecule has 1 unspecified atom stereocenters. The highest BCUT2D eigenvalue weighted by Crippen LogP contribution is 2.51. The van der Waals surface area contributed by atoms with Crippen LogP contribution >= 0.6 is 0 Å². The smallest absolute Gasteiger partial charge is 0.394 e. The van der Waals surface area contributed by atoms with Crippen LogP contribution in [0, 0.1) is 24.2 Å². The number of aliphatic hydroxyl groups excluding tert-OH is 1. The van der Waals surface area contributed by atoms with Crippen LogP contribution < -0.4 is 5.32 Å². The van der Waals surface area contributed by atoms with E-state index in [0.29, 0.717) is 37.5 Å². The Labute approximate surface area is 198 Å². The number of rotatable bonds is 9. The minimum Gasteiger partial charge on any atom is -0.394 e. The van der Waals surface area contributed by atoms with Gasteiger partial charge in [0, 0.05) is 0 Å². The van der Waals surface area contributed by atoms with Crippen molar-refractivity contribution in [2.75, 3.05) is 12.4 Å². The molecule has 0 spiro atoms. The van der Waals surface area contributed by atoms with E-state index >= 15 is 0 Å². The second kappa shape index (κ2) is 9.41. The Morgan fingerprint density at radius 1 is 1.15 bits per heavy atom. The summed E-state index contributed by atoms with van der Waals surface area (Å²) in [7, 11) is -3.15. The molecule has 4 rings (SSSR count). The lowest BCUT2D eigenvalue weighted by Crippen LogP contribution is -2.53. The van der Waals surface area contributed by atoms with Gasteiger partial charge in [-0.3, -0.25) is 4.79 Å². The summed E-state index contributed by atoms with van der Waals surface area (Å²) in [5.74, 6) is 0.484. The number of halogens is 3. The predicted octanol–water partition coefficient (Wildman–Crippen LogP) is 4.05. The van der Waals surface area contributed by atoms with Gasteiger partial charge in [-0.1, -0.05) is 12.8 Å². The largest absolute Gasteiger partial charge is 0.433 e. The molecule has 0 saturated heterocycles. The third-order valence-corrected chi connectivity index (χ3v) is 10.3. The number of hydrogen-bond acceptors (Lipinski definition) is 5. The van der Waals surface area contributed by atoms with Gasteiger partial charge >= 0.3 is 6.18 Å². The molecule has 2 N–H and O–H groups in total. The number of hydrogen-bond donors (Lipinski definition) is 2. The minimum absolute atomic E-state index is 0.0323. The molecule has 3 aliphatic carbocycles. The maximum Gasteiger partial charge on any atom is 0.433 e. The van der Waals surface area contributed by atoms with Gasteiger partial charge in [-0.2, -0.15) is 13.2 Å². The van der Waals surface area contributed by atoms with Crippen LogP contribution in [0.4, 0.5) is 13.2 Å². The molecule has 1 aromatic rings. The number of carbonyl (C=O) groups excluding carboxylic acids is 1. The number of aromatic nitrogens is 1. The summed E-state index contributed by atoms with van der Waals surface area (Å²) in [6.07, 6.45) is 2.53. The molecular weight excluding hydrogens is 469 g/mol. The molecule has 34 heavy (non-hydrogen) atoms. The van der Waals surface area contributed by atoms with E-state index in [2.05, 4.69) is 10.3 Å². The zero-order chi connectivity index (χ0) is 24.7. The third-order valence-electron chi connectivity index (χ3n) is 7.84. The first-order valence-electron chi connectivity index (χ1n) is 12.1. The molecule has 3 aliphatic rings. The summed E-state index contributed by atoms with van der Waals surface area (Å²) in [4.78, 5) is 16.5. The van der Waals surface area contributed by atoms with E-state index in [1.807, 2.05) is 0 Å². The van der Waals surface area contributed by atoms with Crippen LogP contribution in [0.3, 0.4) is 0 Å². The number of amides is 1. The first-order chi connectivity index (χ1) is 15.9. The average molecular weight is 503 g/mol. The van der Waals surface area contributed by atoms with E-state index < -0.39 is 39.1 Å². The quantitative estimate of drug-likeness (QED) is 0.531. The van der Waals surface area contributed by atoms with Crippen LogP contribution in [0.1, 0.15) is 79.5 Å². The van der Waals surface area contributed by atoms with Gasteiger partial charge in [-0.15, -0.1) is 0 Å². The number of nitrogens with zero attached hydrogens (tertiary/aromatic N) is 1. The number of aliphatic hydroxyl groups is 1. The molecule has 1 atom stereocenters. The van der Waals surface area contributed by atoms with Gasteiger partial charge in [0.25, 0.3) is 5.91 Å². The van der Waals surface area contributed by atoms with Crippen molar-refractivity contribution in [1.29, 1.82) is 0 Å². The molecule has 1 amide bonds. The van der Waals surface area contributed by atoms with Crippen LogP contribution in [0.15, 0.2) is 12.1 Å². The first kappa shape index (κ1) is 25.4. The van der Waals surface area contributed by atoms with Crippen LogP contribution in [-0.4, -0.2) is 48.1 Å². The molecule has 0 aliphatic heterocycles. The molecular formula is C24H33F3N2O4S. The van der Waals surface area contributed by atoms with Crippen LogP contribution in [-0.2, 0) is 16.0 Å². The second-order valence-electron chi connectivity index (χ2n) is 10.5. The summed E-state index contributed by atoms with van der Waals surface area (Å²) in [5, 5.41) is 12.7. The van der Waals surface area contributed by atoms with Gasteiger partial charge in [0.05, 0.1) is 34.9 Å². The molecule has 3 saturated carbocycles. The third kappa shape index (κ3) is 5.75. The summed E-state index contributed by atoms with van der Waals surface area (Å²) in [6, 6.07) is 1.30. The molecule has 0 aromatic carbocycles. The van der Waals surface area contributed by atoms with E-state index in [1.165, 1.54) is 6.92 Å². The fraction of sp³-hybridized carbons (Fsp3) is 0.750. The van der Waals surface area contributed by atoms with E-state index in [-0.39, 0.29) is 28.9 Å². The molecule has 1 aromatic heterocycles. The first-order valence-corrected chi connectivity index (χ1v) is 13.8. The molecule has 0 radical (unpaired) electrons. The van der Waals surface area contributed by atoms with Crippen molar-refractivity contribution in [2.45, 2.75) is 82.2 Å². The highest BCUT2D eigenvalue weighted by molar-refractivity contribution is 7.92. The molecule has 10 heteroatoms. The number of nitrogens with one attached hydrogen (secondary N) is 1. The van der Waals surface area contributed by atoms with Gasteiger partial charge in [0.1, 0.15) is 5.69 Å². The lowest BCUT2D eigenvalue weighted by Gasteiger charge is -2.45. The average Bonchev–Trinajstić information content (AvgIpc) is 3.69. The van der Waals surface area contributed by atoms with Crippen molar-refractivity contribution in [3.63, 3.8) is 0 Å². The number of pyridine rings is 1. The molecule has 190 valence electrons.